The zero-order valence-corrected chi connectivity index (χ0v) is 18.0. The molecule has 1 saturated heterocycles. The lowest BCUT2D eigenvalue weighted by atomic mass is 9.96. The van der Waals surface area contributed by atoms with Gasteiger partial charge in [0.05, 0.1) is 24.6 Å². The van der Waals surface area contributed by atoms with Crippen LogP contribution in [0.15, 0.2) is 23.3 Å². The van der Waals surface area contributed by atoms with Gasteiger partial charge in [-0.3, -0.25) is 4.79 Å². The van der Waals surface area contributed by atoms with Gasteiger partial charge in [0.15, 0.2) is 0 Å². The summed E-state index contributed by atoms with van der Waals surface area (Å²) < 4.78 is 37.5. The van der Waals surface area contributed by atoms with Crippen molar-refractivity contribution in [2.24, 2.45) is 11.0 Å². The Balaban J connectivity index is 1.20. The Morgan fingerprint density at radius 2 is 2.06 bits per heavy atom. The topological polar surface area (TPSA) is 101 Å². The number of carbonyl (C=O) groups excluding carboxylic acids is 2. The van der Waals surface area contributed by atoms with Crippen LogP contribution >= 0.6 is 0 Å². The third-order valence-electron chi connectivity index (χ3n) is 6.24. The van der Waals surface area contributed by atoms with Crippen molar-refractivity contribution in [3.05, 3.63) is 35.4 Å². The minimum absolute atomic E-state index is 0.0364. The van der Waals surface area contributed by atoms with E-state index in [1.54, 1.807) is 0 Å². The summed E-state index contributed by atoms with van der Waals surface area (Å²) in [5.74, 6) is -1.07. The fourth-order valence-electron chi connectivity index (χ4n) is 4.55. The first kappa shape index (κ1) is 22.4. The molecule has 2 amide bonds. The molecule has 1 aromatic rings. The predicted molar refractivity (Wildman–Crippen MR) is 112 cm³/mol. The van der Waals surface area contributed by atoms with Crippen molar-refractivity contribution in [1.29, 1.82) is 0 Å². The highest BCUT2D eigenvalue weighted by Gasteiger charge is 2.37. The number of halogens is 2. The van der Waals surface area contributed by atoms with E-state index in [1.807, 2.05) is 6.92 Å². The average Bonchev–Trinajstić information content (AvgIpc) is 3.42. The fourth-order valence-corrected chi connectivity index (χ4v) is 4.55. The van der Waals surface area contributed by atoms with Gasteiger partial charge >= 0.3 is 6.09 Å². The maximum absolute atomic E-state index is 13.3. The molecule has 1 aromatic carbocycles. The lowest BCUT2D eigenvalue weighted by molar-refractivity contribution is -0.119. The normalized spacial score (nSPS) is 29.3. The highest BCUT2D eigenvalue weighted by atomic mass is 19.1. The highest BCUT2D eigenvalue weighted by Crippen LogP contribution is 2.33. The largest absolute Gasteiger partial charge is 0.446 e. The number of nitrogens with one attached hydrogen (secondary N) is 3. The first-order valence-electron chi connectivity index (χ1n) is 10.9. The van der Waals surface area contributed by atoms with E-state index in [0.717, 1.165) is 43.9 Å². The van der Waals surface area contributed by atoms with Crippen molar-refractivity contribution >= 4 is 17.8 Å². The van der Waals surface area contributed by atoms with E-state index in [4.69, 9.17) is 9.47 Å². The summed E-state index contributed by atoms with van der Waals surface area (Å²) in [7, 11) is 0. The van der Waals surface area contributed by atoms with Crippen LogP contribution in [-0.2, 0) is 20.7 Å². The summed E-state index contributed by atoms with van der Waals surface area (Å²) >= 11 is 0. The van der Waals surface area contributed by atoms with Crippen LogP contribution in [0.1, 0.15) is 44.6 Å². The number of amidine groups is 1. The van der Waals surface area contributed by atoms with Crippen molar-refractivity contribution in [2.75, 3.05) is 13.2 Å². The Morgan fingerprint density at radius 1 is 1.28 bits per heavy atom. The Morgan fingerprint density at radius 3 is 2.78 bits per heavy atom. The van der Waals surface area contributed by atoms with Crippen LogP contribution in [-0.4, -0.2) is 48.7 Å². The number of hydrazone groups is 1. The molecule has 3 aliphatic rings. The predicted octanol–water partition coefficient (Wildman–Crippen LogP) is 2.37. The average molecular weight is 450 g/mol. The van der Waals surface area contributed by atoms with Gasteiger partial charge in [-0.1, -0.05) is 0 Å². The molecular formula is C22H28F2N4O4. The number of carbonyl (C=O) groups is 2. The van der Waals surface area contributed by atoms with E-state index in [2.05, 4.69) is 21.2 Å². The number of amides is 2. The number of benzene rings is 1. The second-order valence-electron chi connectivity index (χ2n) is 9.09. The van der Waals surface area contributed by atoms with Crippen molar-refractivity contribution < 1.29 is 27.8 Å². The molecule has 10 heteroatoms. The minimum Gasteiger partial charge on any atom is -0.446 e. The Bertz CT molecular complexity index is 884. The molecule has 8 nitrogen and oxygen atoms in total. The van der Waals surface area contributed by atoms with Gasteiger partial charge in [-0.15, -0.1) is 0 Å². The number of nitrogens with zero attached hydrogens (tertiary/aromatic N) is 1. The molecule has 2 unspecified atom stereocenters. The van der Waals surface area contributed by atoms with E-state index in [0.29, 0.717) is 25.5 Å². The first-order chi connectivity index (χ1) is 15.3. The molecule has 32 heavy (non-hydrogen) atoms. The second-order valence-corrected chi connectivity index (χ2v) is 9.09. The summed E-state index contributed by atoms with van der Waals surface area (Å²) in [6, 6.07) is 3.07. The monoisotopic (exact) mass is 450 g/mol. The molecule has 1 aliphatic carbocycles. The Hall–Kier alpha value is -2.75. The summed E-state index contributed by atoms with van der Waals surface area (Å²) in [5, 5.41) is 9.80. The third kappa shape index (κ3) is 5.73. The van der Waals surface area contributed by atoms with Crippen LogP contribution in [0.2, 0.25) is 0 Å². The molecule has 4 atom stereocenters. The SMILES string of the molecule is CC1(NC(=O)O[C@@H]2CC[C@H](C3CC(NC(=O)Cc4cc(F)cc(F)c4)=NN3)C2)CCOC1. The van der Waals surface area contributed by atoms with Gasteiger partial charge in [-0.2, -0.15) is 5.10 Å². The van der Waals surface area contributed by atoms with Crippen LogP contribution in [0.5, 0.6) is 0 Å². The van der Waals surface area contributed by atoms with E-state index in [-0.39, 0.29) is 41.5 Å². The standard InChI is InChI=1S/C22H28F2N4O4/c1-22(4-5-31-12-22)26-21(30)32-17-3-2-14(9-17)18-11-19(28-27-18)25-20(29)8-13-6-15(23)10-16(24)7-13/h6-7,10,14,17-18,27H,2-5,8-9,11-12H2,1H3,(H,26,30)(H,25,28,29)/t14-,17+,18?,22?/m0/s1. The van der Waals surface area contributed by atoms with E-state index in [1.165, 1.54) is 0 Å². The number of alkyl carbamates (subject to hydrolysis) is 1. The van der Waals surface area contributed by atoms with Gasteiger partial charge in [0, 0.05) is 19.1 Å². The lowest BCUT2D eigenvalue weighted by Crippen LogP contribution is -2.47. The lowest BCUT2D eigenvalue weighted by Gasteiger charge is -2.24. The smallest absolute Gasteiger partial charge is 0.407 e. The summed E-state index contributed by atoms with van der Waals surface area (Å²) in [6.07, 6.45) is 2.96. The zero-order valence-electron chi connectivity index (χ0n) is 18.0. The summed E-state index contributed by atoms with van der Waals surface area (Å²) in [6.45, 7) is 3.06. The quantitative estimate of drug-likeness (QED) is 0.640. The third-order valence-corrected chi connectivity index (χ3v) is 6.24. The molecule has 0 radical (unpaired) electrons. The van der Waals surface area contributed by atoms with E-state index < -0.39 is 17.7 Å². The van der Waals surface area contributed by atoms with Crippen molar-refractivity contribution in [3.8, 4) is 0 Å². The maximum Gasteiger partial charge on any atom is 0.407 e. The molecule has 0 bridgehead atoms. The molecule has 174 valence electrons. The fraction of sp³-hybridized carbons (Fsp3) is 0.591. The van der Waals surface area contributed by atoms with Gasteiger partial charge in [-0.25, -0.2) is 13.6 Å². The van der Waals surface area contributed by atoms with Crippen molar-refractivity contribution in [2.45, 2.75) is 63.1 Å². The molecule has 0 spiro atoms. The van der Waals surface area contributed by atoms with E-state index in [9.17, 15) is 18.4 Å². The molecule has 2 aliphatic heterocycles. The summed E-state index contributed by atoms with van der Waals surface area (Å²) in [5.41, 5.74) is 2.94. The molecule has 2 heterocycles. The number of hydrogen-bond acceptors (Lipinski definition) is 6. The van der Waals surface area contributed by atoms with Crippen LogP contribution < -0.4 is 16.1 Å². The van der Waals surface area contributed by atoms with Gasteiger partial charge in [-0.05, 0) is 56.2 Å². The van der Waals surface area contributed by atoms with Gasteiger partial charge < -0.3 is 25.5 Å². The molecular weight excluding hydrogens is 422 g/mol. The highest BCUT2D eigenvalue weighted by molar-refractivity contribution is 5.99. The van der Waals surface area contributed by atoms with E-state index >= 15 is 0 Å². The molecule has 0 aromatic heterocycles. The van der Waals surface area contributed by atoms with Crippen molar-refractivity contribution in [3.63, 3.8) is 0 Å². The van der Waals surface area contributed by atoms with Gasteiger partial charge in [0.2, 0.25) is 5.91 Å². The van der Waals surface area contributed by atoms with Crippen molar-refractivity contribution in [1.82, 2.24) is 16.1 Å². The second kappa shape index (κ2) is 9.40. The van der Waals surface area contributed by atoms with Crippen LogP contribution in [0.4, 0.5) is 13.6 Å². The minimum atomic E-state index is -0.717. The number of rotatable bonds is 5. The van der Waals surface area contributed by atoms with Crippen LogP contribution in [0.3, 0.4) is 0 Å². The van der Waals surface area contributed by atoms with Gasteiger partial charge in [0.1, 0.15) is 23.6 Å². The zero-order chi connectivity index (χ0) is 22.7. The van der Waals surface area contributed by atoms with Crippen LogP contribution in [0, 0.1) is 17.6 Å². The maximum atomic E-state index is 13.3. The molecule has 4 rings (SSSR count). The number of hydrogen-bond donors (Lipinski definition) is 3. The molecule has 1 saturated carbocycles. The van der Waals surface area contributed by atoms with Gasteiger partial charge in [0.25, 0.3) is 0 Å². The molecule has 2 fully saturated rings. The molecule has 3 N–H and O–H groups in total. The first-order valence-corrected chi connectivity index (χ1v) is 10.9. The Kier molecular flexibility index (Phi) is 6.59. The summed E-state index contributed by atoms with van der Waals surface area (Å²) in [4.78, 5) is 24.5. The van der Waals surface area contributed by atoms with Crippen LogP contribution in [0.25, 0.3) is 0 Å². The number of ether oxygens (including phenoxy) is 2. The Labute approximate surface area is 185 Å².